The lowest BCUT2D eigenvalue weighted by Gasteiger charge is -2.10. The number of nitrogens with one attached hydrogen (secondary N) is 1. The van der Waals surface area contributed by atoms with E-state index >= 15 is 0 Å². The van der Waals surface area contributed by atoms with Gasteiger partial charge in [0.15, 0.2) is 0 Å². The molecule has 0 aliphatic carbocycles. The molecule has 0 unspecified atom stereocenters. The Kier molecular flexibility index (Phi) is 6.40. The lowest BCUT2D eigenvalue weighted by atomic mass is 10.1. The fourth-order valence-electron chi connectivity index (χ4n) is 1.25. The van der Waals surface area contributed by atoms with Crippen molar-refractivity contribution in [3.63, 3.8) is 0 Å². The van der Waals surface area contributed by atoms with Gasteiger partial charge in [0.05, 0.1) is 6.61 Å². The maximum Gasteiger partial charge on any atom is 0.0865 e. The number of hydrogen-bond donors (Lipinski definition) is 2. The fraction of sp³-hybridized carbons (Fsp3) is 0.400. The smallest absolute Gasteiger partial charge is 0.0865 e. The van der Waals surface area contributed by atoms with Gasteiger partial charge in [-0.2, -0.15) is 0 Å². The third kappa shape index (κ3) is 4.18. The quantitative estimate of drug-likeness (QED) is 0.463. The highest BCUT2D eigenvalue weighted by Crippen LogP contribution is 2.26. The number of rotatable bonds is 6. The van der Waals surface area contributed by atoms with Crippen LogP contribution in [0.1, 0.15) is 11.1 Å². The number of benzene rings is 1. The molecule has 84 valence electrons. The van der Waals surface area contributed by atoms with Gasteiger partial charge in [0, 0.05) is 18.5 Å². The van der Waals surface area contributed by atoms with Gasteiger partial charge in [-0.3, -0.25) is 0 Å². The molecule has 5 heteroatoms. The summed E-state index contributed by atoms with van der Waals surface area (Å²) in [6.45, 7) is 0.545. The predicted molar refractivity (Wildman–Crippen MR) is 74.6 cm³/mol. The van der Waals surface area contributed by atoms with Crippen molar-refractivity contribution >= 4 is 40.2 Å². The Morgan fingerprint density at radius 1 is 1.40 bits per heavy atom. The summed E-state index contributed by atoms with van der Waals surface area (Å²) in [7, 11) is 5.52. The van der Waals surface area contributed by atoms with Crippen molar-refractivity contribution in [1.29, 1.82) is 0 Å². The highest BCUT2D eigenvalue weighted by molar-refractivity contribution is 8.76. The van der Waals surface area contributed by atoms with Crippen molar-refractivity contribution < 1.29 is 4.18 Å². The number of anilines is 1. The van der Waals surface area contributed by atoms with E-state index in [1.165, 1.54) is 11.1 Å². The summed E-state index contributed by atoms with van der Waals surface area (Å²) in [6, 6.07) is 6.32. The van der Waals surface area contributed by atoms with Gasteiger partial charge in [-0.1, -0.05) is 27.7 Å². The average molecular weight is 261 g/mol. The van der Waals surface area contributed by atoms with Crippen molar-refractivity contribution in [2.75, 3.05) is 18.6 Å². The summed E-state index contributed by atoms with van der Waals surface area (Å²) >= 11 is 3.80. The van der Waals surface area contributed by atoms with Gasteiger partial charge in [0.1, 0.15) is 0 Å². The molecular weight excluding hydrogens is 246 g/mol. The first kappa shape index (κ1) is 13.1. The molecule has 0 bridgehead atoms. The van der Waals surface area contributed by atoms with E-state index in [0.717, 1.165) is 11.4 Å². The highest BCUT2D eigenvalue weighted by Gasteiger charge is 2.03. The summed E-state index contributed by atoms with van der Waals surface area (Å²) in [6.07, 6.45) is 2.08. The first-order valence-corrected chi connectivity index (χ1v) is 7.62. The third-order valence-corrected chi connectivity index (χ3v) is 3.90. The van der Waals surface area contributed by atoms with Crippen molar-refractivity contribution in [3.05, 3.63) is 29.3 Å². The Morgan fingerprint density at radius 2 is 2.20 bits per heavy atom. The molecule has 2 nitrogen and oxygen atoms in total. The van der Waals surface area contributed by atoms with Crippen LogP contribution in [0.15, 0.2) is 18.2 Å². The van der Waals surface area contributed by atoms with Gasteiger partial charge >= 0.3 is 0 Å². The standard InChI is InChI=1S/C10H15NOS3/c1-11-10-4-3-8(7-15-14-2)9(5-10)6-12-13/h3-5,11,13H,6-7H2,1-2H3. The molecule has 0 aromatic heterocycles. The molecule has 1 aromatic rings. The minimum absolute atomic E-state index is 0.545. The molecule has 0 atom stereocenters. The highest BCUT2D eigenvalue weighted by atomic mass is 33.1. The SMILES string of the molecule is CNc1ccc(CSSC)c(COS)c1. The van der Waals surface area contributed by atoms with Crippen LogP contribution in [0.4, 0.5) is 5.69 Å². The van der Waals surface area contributed by atoms with E-state index in [4.69, 9.17) is 4.18 Å². The van der Waals surface area contributed by atoms with Gasteiger partial charge in [0.2, 0.25) is 0 Å². The lowest BCUT2D eigenvalue weighted by Crippen LogP contribution is -1.96. The molecule has 0 spiro atoms. The van der Waals surface area contributed by atoms with Crippen LogP contribution in [0.5, 0.6) is 0 Å². The minimum Gasteiger partial charge on any atom is -0.388 e. The van der Waals surface area contributed by atoms with E-state index in [1.807, 2.05) is 17.8 Å². The maximum atomic E-state index is 4.90. The zero-order valence-corrected chi connectivity index (χ0v) is 11.3. The van der Waals surface area contributed by atoms with Gasteiger partial charge in [-0.15, -0.1) is 0 Å². The maximum absolute atomic E-state index is 4.90. The topological polar surface area (TPSA) is 21.3 Å². The zero-order valence-electron chi connectivity index (χ0n) is 8.82. The largest absolute Gasteiger partial charge is 0.388 e. The molecule has 0 saturated heterocycles. The Bertz CT molecular complexity index is 307. The van der Waals surface area contributed by atoms with Crippen LogP contribution >= 0.6 is 34.5 Å². The van der Waals surface area contributed by atoms with Crippen LogP contribution in [0, 0.1) is 0 Å². The van der Waals surface area contributed by atoms with Gasteiger partial charge in [-0.05, 0) is 42.4 Å². The number of hydrogen-bond acceptors (Lipinski definition) is 5. The second-order valence-corrected chi connectivity index (χ2v) is 5.76. The second kappa shape index (κ2) is 7.33. The molecule has 0 aliphatic rings. The van der Waals surface area contributed by atoms with E-state index in [2.05, 4.69) is 42.7 Å². The van der Waals surface area contributed by atoms with E-state index in [1.54, 1.807) is 10.8 Å². The summed E-state index contributed by atoms with van der Waals surface area (Å²) < 4.78 is 4.90. The summed E-state index contributed by atoms with van der Waals surface area (Å²) in [5, 5.41) is 3.12. The Labute approximate surface area is 105 Å². The molecule has 1 N–H and O–H groups in total. The lowest BCUT2D eigenvalue weighted by molar-refractivity contribution is 0.371. The van der Waals surface area contributed by atoms with E-state index < -0.39 is 0 Å². The molecule has 0 heterocycles. The molecule has 15 heavy (non-hydrogen) atoms. The summed E-state index contributed by atoms with van der Waals surface area (Å²) in [5.74, 6) is 0.998. The fourth-order valence-corrected chi connectivity index (χ4v) is 2.65. The van der Waals surface area contributed by atoms with Gasteiger partial charge < -0.3 is 9.50 Å². The number of thiol groups is 1. The Morgan fingerprint density at radius 3 is 2.80 bits per heavy atom. The molecule has 0 aliphatic heterocycles. The normalized spacial score (nSPS) is 10.3. The average Bonchev–Trinajstić information content (AvgIpc) is 2.27. The second-order valence-electron chi connectivity index (χ2n) is 2.94. The van der Waals surface area contributed by atoms with Crippen LogP contribution in [-0.2, 0) is 16.5 Å². The predicted octanol–water partition coefficient (Wildman–Crippen LogP) is 3.60. The van der Waals surface area contributed by atoms with Crippen LogP contribution in [0.3, 0.4) is 0 Å². The molecule has 1 aromatic carbocycles. The van der Waals surface area contributed by atoms with E-state index in [-0.39, 0.29) is 0 Å². The van der Waals surface area contributed by atoms with Crippen LogP contribution in [0.25, 0.3) is 0 Å². The monoisotopic (exact) mass is 261 g/mol. The van der Waals surface area contributed by atoms with Crippen molar-refractivity contribution in [2.24, 2.45) is 0 Å². The van der Waals surface area contributed by atoms with Gasteiger partial charge in [-0.25, -0.2) is 0 Å². The minimum atomic E-state index is 0.545. The van der Waals surface area contributed by atoms with Crippen LogP contribution in [-0.4, -0.2) is 13.3 Å². The Balaban J connectivity index is 2.82. The first-order chi connectivity index (χ1) is 7.31. The van der Waals surface area contributed by atoms with Crippen LogP contribution in [0.2, 0.25) is 0 Å². The van der Waals surface area contributed by atoms with Crippen molar-refractivity contribution in [1.82, 2.24) is 0 Å². The Hall–Kier alpha value is 0.0300. The summed E-state index contributed by atoms with van der Waals surface area (Å²) in [4.78, 5) is 0. The zero-order chi connectivity index (χ0) is 11.1. The first-order valence-electron chi connectivity index (χ1n) is 4.53. The van der Waals surface area contributed by atoms with Crippen molar-refractivity contribution in [2.45, 2.75) is 12.4 Å². The van der Waals surface area contributed by atoms with E-state index in [9.17, 15) is 0 Å². The molecule has 0 radical (unpaired) electrons. The molecule has 0 saturated carbocycles. The molecule has 0 fully saturated rings. The van der Waals surface area contributed by atoms with Gasteiger partial charge in [0.25, 0.3) is 0 Å². The summed E-state index contributed by atoms with van der Waals surface area (Å²) in [5.41, 5.74) is 3.61. The van der Waals surface area contributed by atoms with E-state index in [0.29, 0.717) is 6.61 Å². The van der Waals surface area contributed by atoms with Crippen molar-refractivity contribution in [3.8, 4) is 0 Å². The van der Waals surface area contributed by atoms with Crippen LogP contribution < -0.4 is 5.32 Å². The third-order valence-electron chi connectivity index (χ3n) is 2.05. The molecular formula is C10H15NOS3. The molecule has 1 rings (SSSR count). The molecule has 0 amide bonds.